The second-order valence-electron chi connectivity index (χ2n) is 8.25. The number of rotatable bonds is 7. The van der Waals surface area contributed by atoms with E-state index >= 15 is 0 Å². The van der Waals surface area contributed by atoms with Crippen LogP contribution < -0.4 is 10.1 Å². The van der Waals surface area contributed by atoms with Gasteiger partial charge in [-0.05, 0) is 30.5 Å². The number of nitrogens with one attached hydrogen (secondary N) is 1. The number of hydrogen-bond acceptors (Lipinski definition) is 6. The Hall–Kier alpha value is -2.48. The van der Waals surface area contributed by atoms with Gasteiger partial charge >= 0.3 is 0 Å². The molecule has 162 valence electrons. The van der Waals surface area contributed by atoms with E-state index in [1.807, 2.05) is 5.38 Å². The van der Waals surface area contributed by atoms with Gasteiger partial charge in [0.05, 0.1) is 18.5 Å². The van der Waals surface area contributed by atoms with Crippen molar-refractivity contribution in [1.29, 1.82) is 0 Å². The Bertz CT molecular complexity index is 1030. The quantitative estimate of drug-likeness (QED) is 0.563. The number of piperazine rings is 1. The second-order valence-corrected chi connectivity index (χ2v) is 9.11. The van der Waals surface area contributed by atoms with Crippen molar-refractivity contribution in [3.05, 3.63) is 59.2 Å². The molecule has 7 heteroatoms. The third kappa shape index (κ3) is 4.89. The van der Waals surface area contributed by atoms with Crippen LogP contribution in [0.5, 0.6) is 5.75 Å². The lowest BCUT2D eigenvalue weighted by Gasteiger charge is -2.34. The summed E-state index contributed by atoms with van der Waals surface area (Å²) in [5.74, 6) is 0.269. The monoisotopic (exact) mass is 438 g/mol. The van der Waals surface area contributed by atoms with E-state index in [1.165, 1.54) is 55.0 Å². The van der Waals surface area contributed by atoms with Crippen LogP contribution in [0.3, 0.4) is 0 Å². The zero-order valence-corrected chi connectivity index (χ0v) is 18.5. The molecule has 2 fully saturated rings. The first kappa shape index (κ1) is 20.4. The van der Waals surface area contributed by atoms with Gasteiger partial charge in [-0.25, -0.2) is 9.37 Å². The van der Waals surface area contributed by atoms with Gasteiger partial charge in [0.1, 0.15) is 11.6 Å². The molecule has 5 rings (SSSR count). The number of benzene rings is 2. The summed E-state index contributed by atoms with van der Waals surface area (Å²) in [6.07, 6.45) is 2.79. The average Bonchev–Trinajstić information content (AvgIpc) is 3.54. The van der Waals surface area contributed by atoms with Crippen LogP contribution in [0.1, 0.15) is 18.4 Å². The summed E-state index contributed by atoms with van der Waals surface area (Å²) in [7, 11) is 1.57. The minimum absolute atomic E-state index is 0.315. The van der Waals surface area contributed by atoms with Gasteiger partial charge in [-0.1, -0.05) is 24.3 Å². The van der Waals surface area contributed by atoms with Crippen LogP contribution >= 0.6 is 11.3 Å². The molecular weight excluding hydrogens is 411 g/mol. The number of thiazole rings is 1. The molecule has 0 radical (unpaired) electrons. The van der Waals surface area contributed by atoms with E-state index in [4.69, 9.17) is 4.74 Å². The highest BCUT2D eigenvalue weighted by Gasteiger charge is 2.31. The minimum Gasteiger partial charge on any atom is -0.495 e. The molecule has 0 spiro atoms. The van der Waals surface area contributed by atoms with Gasteiger partial charge in [0.2, 0.25) is 0 Å². The molecule has 1 saturated heterocycles. The standard InChI is InChI=1S/C24H27FN4OS/c1-30-23-9-6-19(25)14-21(23)26-24-27-22(16-31-24)18-4-2-17(3-5-18)15-28-10-12-29(13-11-28)20-7-8-20/h2-6,9,14,16,20H,7-8,10-13,15H2,1H3,(H,26,27). The first-order chi connectivity index (χ1) is 15.2. The Kier molecular flexibility index (Phi) is 5.89. The lowest BCUT2D eigenvalue weighted by Crippen LogP contribution is -2.46. The average molecular weight is 439 g/mol. The molecule has 1 aliphatic heterocycles. The molecule has 1 aliphatic carbocycles. The third-order valence-corrected chi connectivity index (χ3v) is 6.79. The first-order valence-electron chi connectivity index (χ1n) is 10.8. The minimum atomic E-state index is -0.315. The normalized spacial score (nSPS) is 17.6. The Morgan fingerprint density at radius 3 is 2.58 bits per heavy atom. The maximum atomic E-state index is 13.6. The molecule has 1 N–H and O–H groups in total. The van der Waals surface area contributed by atoms with E-state index in [2.05, 4.69) is 44.4 Å². The fraction of sp³-hybridized carbons (Fsp3) is 0.375. The van der Waals surface area contributed by atoms with Crippen LogP contribution in [-0.4, -0.2) is 54.1 Å². The van der Waals surface area contributed by atoms with E-state index in [-0.39, 0.29) is 5.82 Å². The highest BCUT2D eigenvalue weighted by Crippen LogP contribution is 2.32. The van der Waals surface area contributed by atoms with Gasteiger partial charge in [-0.3, -0.25) is 9.80 Å². The number of anilines is 2. The molecule has 5 nitrogen and oxygen atoms in total. The number of hydrogen-bond donors (Lipinski definition) is 1. The van der Waals surface area contributed by atoms with Gasteiger partial charge in [-0.2, -0.15) is 0 Å². The largest absolute Gasteiger partial charge is 0.495 e. The molecule has 0 amide bonds. The SMILES string of the molecule is COc1ccc(F)cc1Nc1nc(-c2ccc(CN3CCN(C4CC4)CC3)cc2)cs1. The Morgan fingerprint density at radius 1 is 1.10 bits per heavy atom. The van der Waals surface area contributed by atoms with Crippen LogP contribution in [0.2, 0.25) is 0 Å². The summed E-state index contributed by atoms with van der Waals surface area (Å²) in [4.78, 5) is 9.86. The Labute approximate surface area is 186 Å². The van der Waals surface area contributed by atoms with Crippen molar-refractivity contribution < 1.29 is 9.13 Å². The van der Waals surface area contributed by atoms with Crippen molar-refractivity contribution in [3.63, 3.8) is 0 Å². The van der Waals surface area contributed by atoms with Crippen molar-refractivity contribution in [2.24, 2.45) is 0 Å². The van der Waals surface area contributed by atoms with E-state index in [1.54, 1.807) is 13.2 Å². The smallest absolute Gasteiger partial charge is 0.187 e. The summed E-state index contributed by atoms with van der Waals surface area (Å²) in [6.45, 7) is 5.72. The fourth-order valence-corrected chi connectivity index (χ4v) is 4.85. The van der Waals surface area contributed by atoms with E-state index < -0.39 is 0 Å². The van der Waals surface area contributed by atoms with Crippen LogP contribution in [0, 0.1) is 5.82 Å². The molecular formula is C24H27FN4OS. The molecule has 0 unspecified atom stereocenters. The molecule has 31 heavy (non-hydrogen) atoms. The number of ether oxygens (including phenoxy) is 1. The third-order valence-electron chi connectivity index (χ3n) is 6.03. The zero-order valence-electron chi connectivity index (χ0n) is 17.7. The van der Waals surface area contributed by atoms with Crippen molar-refractivity contribution in [3.8, 4) is 17.0 Å². The lowest BCUT2D eigenvalue weighted by atomic mass is 10.1. The predicted molar refractivity (Wildman–Crippen MR) is 124 cm³/mol. The molecule has 3 aromatic rings. The highest BCUT2D eigenvalue weighted by molar-refractivity contribution is 7.14. The molecule has 0 bridgehead atoms. The van der Waals surface area contributed by atoms with Crippen molar-refractivity contribution in [2.45, 2.75) is 25.4 Å². The van der Waals surface area contributed by atoms with Gasteiger partial charge in [0, 0.05) is 55.8 Å². The van der Waals surface area contributed by atoms with Crippen molar-refractivity contribution in [2.75, 3.05) is 38.6 Å². The number of methoxy groups -OCH3 is 1. The zero-order chi connectivity index (χ0) is 21.2. The molecule has 0 atom stereocenters. The summed E-state index contributed by atoms with van der Waals surface area (Å²) in [5.41, 5.74) is 3.90. The maximum Gasteiger partial charge on any atom is 0.187 e. The van der Waals surface area contributed by atoms with Gasteiger partial charge in [-0.15, -0.1) is 11.3 Å². The summed E-state index contributed by atoms with van der Waals surface area (Å²) < 4.78 is 18.9. The number of halogens is 1. The molecule has 2 heterocycles. The maximum absolute atomic E-state index is 13.6. The van der Waals surface area contributed by atoms with Crippen LogP contribution in [0.15, 0.2) is 47.8 Å². The van der Waals surface area contributed by atoms with Crippen LogP contribution in [-0.2, 0) is 6.54 Å². The van der Waals surface area contributed by atoms with Crippen LogP contribution in [0.25, 0.3) is 11.3 Å². The molecule has 2 aliphatic rings. The predicted octanol–water partition coefficient (Wildman–Crippen LogP) is 4.98. The summed E-state index contributed by atoms with van der Waals surface area (Å²) in [6, 6.07) is 14.0. The van der Waals surface area contributed by atoms with Crippen molar-refractivity contribution >= 4 is 22.2 Å². The molecule has 1 saturated carbocycles. The summed E-state index contributed by atoms with van der Waals surface area (Å²) in [5, 5.41) is 5.89. The number of aromatic nitrogens is 1. The van der Waals surface area contributed by atoms with E-state index in [0.29, 0.717) is 16.6 Å². The lowest BCUT2D eigenvalue weighted by molar-refractivity contribution is 0.121. The first-order valence-corrected chi connectivity index (χ1v) is 11.7. The van der Waals surface area contributed by atoms with E-state index in [0.717, 1.165) is 36.9 Å². The topological polar surface area (TPSA) is 40.6 Å². The van der Waals surface area contributed by atoms with Gasteiger partial charge in [0.15, 0.2) is 5.13 Å². The van der Waals surface area contributed by atoms with Crippen molar-refractivity contribution in [1.82, 2.24) is 14.8 Å². The molecule has 1 aromatic heterocycles. The van der Waals surface area contributed by atoms with Gasteiger partial charge < -0.3 is 10.1 Å². The van der Waals surface area contributed by atoms with Gasteiger partial charge in [0.25, 0.3) is 0 Å². The fourth-order valence-electron chi connectivity index (χ4n) is 4.12. The number of nitrogens with zero attached hydrogens (tertiary/aromatic N) is 3. The Morgan fingerprint density at radius 2 is 1.87 bits per heavy atom. The second kappa shape index (κ2) is 8.94. The Balaban J connectivity index is 1.20. The molecule has 2 aromatic carbocycles. The van der Waals surface area contributed by atoms with E-state index in [9.17, 15) is 4.39 Å². The highest BCUT2D eigenvalue weighted by atomic mass is 32.1. The summed E-state index contributed by atoms with van der Waals surface area (Å²) >= 11 is 1.49. The van der Waals surface area contributed by atoms with Crippen LogP contribution in [0.4, 0.5) is 15.2 Å².